The van der Waals surface area contributed by atoms with Gasteiger partial charge in [-0.2, -0.15) is 0 Å². The number of benzene rings is 4. The summed E-state index contributed by atoms with van der Waals surface area (Å²) >= 11 is 0. The van der Waals surface area contributed by atoms with Crippen LogP contribution in [0.25, 0.3) is 21.9 Å². The Balaban J connectivity index is 1.79. The van der Waals surface area contributed by atoms with Crippen molar-refractivity contribution in [3.05, 3.63) is 83.9 Å². The van der Waals surface area contributed by atoms with Crippen molar-refractivity contribution < 1.29 is 19.0 Å². The number of hydrogen-bond donors (Lipinski definition) is 1. The molecule has 0 aliphatic rings. The second-order valence-corrected chi connectivity index (χ2v) is 7.73. The van der Waals surface area contributed by atoms with Crippen molar-refractivity contribution >= 4 is 22.4 Å². The van der Waals surface area contributed by atoms with Crippen LogP contribution >= 0.6 is 0 Å². The van der Waals surface area contributed by atoms with Gasteiger partial charge in [0, 0.05) is 11.3 Å². The summed E-state index contributed by atoms with van der Waals surface area (Å²) in [5.41, 5.74) is 4.40. The number of carbonyl (C=O) groups excluding carboxylic acids is 1. The highest BCUT2D eigenvalue weighted by Gasteiger charge is 2.15. The number of fused-ring (bicyclic) bond motifs is 1. The molecule has 0 aliphatic heterocycles. The molecule has 0 bridgehead atoms. The van der Waals surface area contributed by atoms with E-state index in [9.17, 15) is 4.79 Å². The van der Waals surface area contributed by atoms with Gasteiger partial charge < -0.3 is 19.5 Å². The van der Waals surface area contributed by atoms with Crippen LogP contribution in [0.4, 0.5) is 5.69 Å². The van der Waals surface area contributed by atoms with Gasteiger partial charge in [-0.25, -0.2) is 0 Å². The Morgan fingerprint density at radius 2 is 1.52 bits per heavy atom. The molecule has 1 amide bonds. The Morgan fingerprint density at radius 1 is 0.848 bits per heavy atom. The second-order valence-electron chi connectivity index (χ2n) is 7.73. The lowest BCUT2D eigenvalue weighted by Crippen LogP contribution is -2.12. The molecule has 5 nitrogen and oxygen atoms in total. The molecule has 0 fully saturated rings. The molecular weight excluding hydrogens is 414 g/mol. The third-order valence-corrected chi connectivity index (χ3v) is 5.50. The minimum absolute atomic E-state index is 0.191. The van der Waals surface area contributed by atoms with Gasteiger partial charge in [0.25, 0.3) is 5.91 Å². The van der Waals surface area contributed by atoms with Crippen molar-refractivity contribution in [3.63, 3.8) is 0 Å². The average Bonchev–Trinajstić information content (AvgIpc) is 2.84. The van der Waals surface area contributed by atoms with Gasteiger partial charge in [-0.05, 0) is 84.3 Å². The van der Waals surface area contributed by atoms with Crippen LogP contribution in [0.15, 0.2) is 72.8 Å². The molecule has 1 N–H and O–H groups in total. The summed E-state index contributed by atoms with van der Waals surface area (Å²) in [7, 11) is 3.22. The van der Waals surface area contributed by atoms with Gasteiger partial charge in [0.1, 0.15) is 5.75 Å². The molecule has 0 radical (unpaired) electrons. The molecular formula is C28H27NO4. The van der Waals surface area contributed by atoms with Crippen molar-refractivity contribution in [1.29, 1.82) is 0 Å². The van der Waals surface area contributed by atoms with E-state index >= 15 is 0 Å². The number of carbonyl (C=O) groups is 1. The maximum atomic E-state index is 13.2. The van der Waals surface area contributed by atoms with Gasteiger partial charge in [0.15, 0.2) is 11.5 Å². The normalized spacial score (nSPS) is 10.7. The largest absolute Gasteiger partial charge is 0.494 e. The number of anilines is 1. The summed E-state index contributed by atoms with van der Waals surface area (Å²) in [6.45, 7) is 4.58. The van der Waals surface area contributed by atoms with Gasteiger partial charge in [-0.15, -0.1) is 0 Å². The zero-order valence-corrected chi connectivity index (χ0v) is 19.3. The molecule has 0 spiro atoms. The molecule has 0 aromatic heterocycles. The van der Waals surface area contributed by atoms with E-state index in [-0.39, 0.29) is 5.91 Å². The van der Waals surface area contributed by atoms with Crippen LogP contribution in [0.3, 0.4) is 0 Å². The highest BCUT2D eigenvalue weighted by molar-refractivity contribution is 6.10. The lowest BCUT2D eigenvalue weighted by atomic mass is 9.94. The molecule has 4 aromatic rings. The monoisotopic (exact) mass is 441 g/mol. The van der Waals surface area contributed by atoms with Crippen molar-refractivity contribution in [1.82, 2.24) is 0 Å². The third-order valence-electron chi connectivity index (χ3n) is 5.50. The molecule has 4 aromatic carbocycles. The molecule has 168 valence electrons. The molecule has 0 saturated carbocycles. The first-order valence-corrected chi connectivity index (χ1v) is 10.8. The Morgan fingerprint density at radius 3 is 2.15 bits per heavy atom. The maximum absolute atomic E-state index is 13.2. The number of amides is 1. The number of nitrogens with one attached hydrogen (secondary N) is 1. The first-order chi connectivity index (χ1) is 16.0. The van der Waals surface area contributed by atoms with E-state index in [1.165, 1.54) is 5.56 Å². The first-order valence-electron chi connectivity index (χ1n) is 10.8. The highest BCUT2D eigenvalue weighted by atomic mass is 16.5. The zero-order chi connectivity index (χ0) is 23.4. The minimum Gasteiger partial charge on any atom is -0.494 e. The number of aryl methyl sites for hydroxylation is 1. The fourth-order valence-corrected chi connectivity index (χ4v) is 3.80. The first kappa shape index (κ1) is 22.2. The quantitative estimate of drug-likeness (QED) is 0.356. The van der Waals surface area contributed by atoms with Crippen molar-refractivity contribution in [2.45, 2.75) is 13.8 Å². The van der Waals surface area contributed by atoms with Crippen molar-refractivity contribution in [3.8, 4) is 28.4 Å². The highest BCUT2D eigenvalue weighted by Crippen LogP contribution is 2.38. The van der Waals surface area contributed by atoms with E-state index in [0.717, 1.165) is 27.6 Å². The summed E-state index contributed by atoms with van der Waals surface area (Å²) in [6, 6.07) is 23.3. The van der Waals surface area contributed by atoms with E-state index in [1.54, 1.807) is 14.2 Å². The molecule has 0 unspecified atom stereocenters. The van der Waals surface area contributed by atoms with Gasteiger partial charge in [-0.3, -0.25) is 4.79 Å². The lowest BCUT2D eigenvalue weighted by molar-refractivity contribution is 0.102. The molecule has 5 heteroatoms. The molecule has 0 heterocycles. The fourth-order valence-electron chi connectivity index (χ4n) is 3.80. The third kappa shape index (κ3) is 4.77. The smallest absolute Gasteiger partial charge is 0.255 e. The van der Waals surface area contributed by atoms with Crippen LogP contribution in [0.1, 0.15) is 22.8 Å². The van der Waals surface area contributed by atoms with E-state index in [2.05, 4.69) is 36.5 Å². The summed E-state index contributed by atoms with van der Waals surface area (Å²) in [5.74, 6) is 1.84. The predicted octanol–water partition coefficient (Wildman–Crippen LogP) is 6.48. The van der Waals surface area contributed by atoms with Crippen LogP contribution in [0.5, 0.6) is 17.2 Å². The Kier molecular flexibility index (Phi) is 6.50. The van der Waals surface area contributed by atoms with Crippen LogP contribution < -0.4 is 19.5 Å². The minimum atomic E-state index is -0.191. The van der Waals surface area contributed by atoms with Crippen LogP contribution in [0.2, 0.25) is 0 Å². The number of rotatable bonds is 7. The standard InChI is InChI=1S/C28H27NO4/c1-5-33-23-12-10-22(11-13-23)29-28(30)21-14-20-16-26(31-3)27(32-4)17-25(20)24(15-21)19-8-6-18(2)7-9-19/h6-17H,5H2,1-4H3,(H,29,30). The molecule has 4 rings (SSSR count). The maximum Gasteiger partial charge on any atom is 0.255 e. The summed E-state index contributed by atoms with van der Waals surface area (Å²) in [4.78, 5) is 13.2. The van der Waals surface area contributed by atoms with Gasteiger partial charge >= 0.3 is 0 Å². The number of methoxy groups -OCH3 is 2. The lowest BCUT2D eigenvalue weighted by Gasteiger charge is -2.15. The molecule has 0 atom stereocenters. The molecule has 0 aliphatic carbocycles. The Bertz CT molecular complexity index is 1280. The second kappa shape index (κ2) is 9.65. The van der Waals surface area contributed by atoms with Gasteiger partial charge in [0.05, 0.1) is 20.8 Å². The van der Waals surface area contributed by atoms with E-state index in [1.807, 2.05) is 55.5 Å². The number of ether oxygens (including phenoxy) is 3. The summed E-state index contributed by atoms with van der Waals surface area (Å²) in [5, 5.41) is 4.85. The van der Waals surface area contributed by atoms with E-state index < -0.39 is 0 Å². The molecule has 0 saturated heterocycles. The van der Waals surface area contributed by atoms with E-state index in [0.29, 0.717) is 29.4 Å². The van der Waals surface area contributed by atoms with Crippen molar-refractivity contribution in [2.75, 3.05) is 26.1 Å². The van der Waals surface area contributed by atoms with E-state index in [4.69, 9.17) is 14.2 Å². The number of hydrogen-bond acceptors (Lipinski definition) is 4. The topological polar surface area (TPSA) is 56.8 Å². The SMILES string of the molecule is CCOc1ccc(NC(=O)c2cc(-c3ccc(C)cc3)c3cc(OC)c(OC)cc3c2)cc1. The van der Waals surface area contributed by atoms with Gasteiger partial charge in [-0.1, -0.05) is 29.8 Å². The fraction of sp³-hybridized carbons (Fsp3) is 0.179. The summed E-state index contributed by atoms with van der Waals surface area (Å²) in [6.07, 6.45) is 0. The Hall–Kier alpha value is -3.99. The predicted molar refractivity (Wildman–Crippen MR) is 133 cm³/mol. The van der Waals surface area contributed by atoms with Crippen LogP contribution in [0, 0.1) is 6.92 Å². The van der Waals surface area contributed by atoms with Crippen LogP contribution in [-0.4, -0.2) is 26.7 Å². The molecule has 33 heavy (non-hydrogen) atoms. The Labute approximate surface area is 193 Å². The average molecular weight is 442 g/mol. The van der Waals surface area contributed by atoms with Gasteiger partial charge in [0.2, 0.25) is 0 Å². The van der Waals surface area contributed by atoms with Crippen LogP contribution in [-0.2, 0) is 0 Å². The zero-order valence-electron chi connectivity index (χ0n) is 19.3. The summed E-state index contributed by atoms with van der Waals surface area (Å²) < 4.78 is 16.5. The van der Waals surface area contributed by atoms with Crippen molar-refractivity contribution in [2.24, 2.45) is 0 Å².